The van der Waals surface area contributed by atoms with Gasteiger partial charge >= 0.3 is 0 Å². The molecule has 0 unspecified atom stereocenters. The molecule has 4 rings (SSSR count). The van der Waals surface area contributed by atoms with Gasteiger partial charge in [0.1, 0.15) is 6.33 Å². The molecule has 0 spiro atoms. The van der Waals surface area contributed by atoms with Crippen LogP contribution in [0.4, 0.5) is 0 Å². The molecule has 0 saturated heterocycles. The van der Waals surface area contributed by atoms with Gasteiger partial charge in [0.05, 0.1) is 12.8 Å². The van der Waals surface area contributed by atoms with Crippen molar-refractivity contribution in [2.75, 3.05) is 20.2 Å². The van der Waals surface area contributed by atoms with Crippen molar-refractivity contribution in [3.8, 4) is 17.1 Å². The highest BCUT2D eigenvalue weighted by Gasteiger charge is 2.20. The number of fused-ring (bicyclic) bond motifs is 1. The highest BCUT2D eigenvalue weighted by Crippen LogP contribution is 2.26. The molecule has 3 aromatic rings. The van der Waals surface area contributed by atoms with Crippen molar-refractivity contribution in [2.24, 2.45) is 0 Å². The number of ether oxygens (including phenoxy) is 1. The Morgan fingerprint density at radius 2 is 1.85 bits per heavy atom. The lowest BCUT2D eigenvalue weighted by Crippen LogP contribution is -2.26. The molecule has 0 aromatic carbocycles. The summed E-state index contributed by atoms with van der Waals surface area (Å²) in [6.45, 7) is 2.73. The molecular weight excluding hydrogens is 326 g/mol. The van der Waals surface area contributed by atoms with Gasteiger partial charge < -0.3 is 4.74 Å². The lowest BCUT2D eigenvalue weighted by Gasteiger charge is -2.20. The van der Waals surface area contributed by atoms with Crippen LogP contribution in [0.15, 0.2) is 49.2 Å². The molecule has 132 valence electrons. The van der Waals surface area contributed by atoms with E-state index in [0.29, 0.717) is 5.88 Å². The SMILES string of the molecule is COc1ncccc1CN1CCc2ncnc(-c3ccncc3)c2CC1. The summed E-state index contributed by atoms with van der Waals surface area (Å²) in [5.74, 6) is 0.700. The molecule has 0 saturated carbocycles. The number of nitrogens with zero attached hydrogens (tertiary/aromatic N) is 5. The third-order valence-electron chi connectivity index (χ3n) is 4.77. The Hall–Kier alpha value is -2.86. The van der Waals surface area contributed by atoms with Crippen LogP contribution in [0.2, 0.25) is 0 Å². The zero-order valence-corrected chi connectivity index (χ0v) is 14.8. The third kappa shape index (κ3) is 3.41. The topological polar surface area (TPSA) is 64.0 Å². The smallest absolute Gasteiger partial charge is 0.217 e. The summed E-state index contributed by atoms with van der Waals surface area (Å²) in [4.78, 5) is 19.9. The largest absolute Gasteiger partial charge is 0.481 e. The van der Waals surface area contributed by atoms with Gasteiger partial charge in [-0.2, -0.15) is 0 Å². The summed E-state index contributed by atoms with van der Waals surface area (Å²) < 4.78 is 5.39. The van der Waals surface area contributed by atoms with E-state index in [9.17, 15) is 0 Å². The molecule has 1 aliphatic rings. The molecule has 26 heavy (non-hydrogen) atoms. The minimum Gasteiger partial charge on any atom is -0.481 e. The summed E-state index contributed by atoms with van der Waals surface area (Å²) in [5.41, 5.74) is 5.63. The summed E-state index contributed by atoms with van der Waals surface area (Å²) in [6, 6.07) is 8.04. The number of pyridine rings is 2. The molecule has 0 amide bonds. The Morgan fingerprint density at radius 3 is 2.69 bits per heavy atom. The van der Waals surface area contributed by atoms with Crippen LogP contribution >= 0.6 is 0 Å². The third-order valence-corrected chi connectivity index (χ3v) is 4.77. The number of rotatable bonds is 4. The van der Waals surface area contributed by atoms with Gasteiger partial charge in [-0.3, -0.25) is 9.88 Å². The Labute approximate surface area is 152 Å². The average molecular weight is 347 g/mol. The van der Waals surface area contributed by atoms with E-state index >= 15 is 0 Å². The lowest BCUT2D eigenvalue weighted by atomic mass is 10.0. The van der Waals surface area contributed by atoms with E-state index in [1.807, 2.05) is 30.6 Å². The first-order valence-corrected chi connectivity index (χ1v) is 8.78. The van der Waals surface area contributed by atoms with Crippen LogP contribution in [0.25, 0.3) is 11.3 Å². The first-order valence-electron chi connectivity index (χ1n) is 8.78. The lowest BCUT2D eigenvalue weighted by molar-refractivity contribution is 0.272. The minimum absolute atomic E-state index is 0.700. The molecule has 6 heteroatoms. The Bertz CT molecular complexity index is 884. The van der Waals surface area contributed by atoms with E-state index in [0.717, 1.165) is 55.0 Å². The Morgan fingerprint density at radius 1 is 1.00 bits per heavy atom. The molecule has 0 fully saturated rings. The molecule has 0 radical (unpaired) electrons. The number of methoxy groups -OCH3 is 1. The Balaban J connectivity index is 1.56. The summed E-state index contributed by atoms with van der Waals surface area (Å²) in [7, 11) is 1.67. The van der Waals surface area contributed by atoms with Crippen molar-refractivity contribution in [1.82, 2.24) is 24.8 Å². The monoisotopic (exact) mass is 347 g/mol. The number of aromatic nitrogens is 4. The summed E-state index contributed by atoms with van der Waals surface area (Å²) in [5, 5.41) is 0. The van der Waals surface area contributed by atoms with Crippen LogP contribution in [0.3, 0.4) is 0 Å². The first kappa shape index (κ1) is 16.6. The van der Waals surface area contributed by atoms with Crippen molar-refractivity contribution >= 4 is 0 Å². The van der Waals surface area contributed by atoms with Crippen molar-refractivity contribution in [1.29, 1.82) is 0 Å². The van der Waals surface area contributed by atoms with Crippen LogP contribution in [-0.2, 0) is 19.4 Å². The average Bonchev–Trinajstić information content (AvgIpc) is 2.91. The molecule has 0 bridgehead atoms. The zero-order valence-electron chi connectivity index (χ0n) is 14.8. The van der Waals surface area contributed by atoms with Gasteiger partial charge in [-0.05, 0) is 24.6 Å². The van der Waals surface area contributed by atoms with Crippen molar-refractivity contribution < 1.29 is 4.74 Å². The standard InChI is InChI=1S/C20H21N5O/c1-26-20-16(3-2-8-22-20)13-25-11-6-17-18(7-12-25)23-14-24-19(17)15-4-9-21-10-5-15/h2-5,8-10,14H,6-7,11-13H2,1H3. The fourth-order valence-electron chi connectivity index (χ4n) is 3.46. The fourth-order valence-corrected chi connectivity index (χ4v) is 3.46. The quantitative estimate of drug-likeness (QED) is 0.723. The molecule has 0 aliphatic carbocycles. The van der Waals surface area contributed by atoms with E-state index in [-0.39, 0.29) is 0 Å². The Kier molecular flexibility index (Phi) is 4.84. The maximum atomic E-state index is 5.39. The van der Waals surface area contributed by atoms with Gasteiger partial charge in [0, 0.05) is 67.0 Å². The normalized spacial score (nSPS) is 14.5. The van der Waals surface area contributed by atoms with Crippen LogP contribution in [0, 0.1) is 0 Å². The number of hydrogen-bond acceptors (Lipinski definition) is 6. The van der Waals surface area contributed by atoms with Gasteiger partial charge in [0.25, 0.3) is 0 Å². The molecule has 1 aliphatic heterocycles. The zero-order chi connectivity index (χ0) is 17.8. The van der Waals surface area contributed by atoms with Crippen molar-refractivity contribution in [3.63, 3.8) is 0 Å². The van der Waals surface area contributed by atoms with E-state index < -0.39 is 0 Å². The molecule has 0 N–H and O–H groups in total. The van der Waals surface area contributed by atoms with Gasteiger partial charge in [-0.15, -0.1) is 0 Å². The second kappa shape index (κ2) is 7.58. The van der Waals surface area contributed by atoms with Gasteiger partial charge in [0.2, 0.25) is 5.88 Å². The minimum atomic E-state index is 0.700. The van der Waals surface area contributed by atoms with Crippen molar-refractivity contribution in [3.05, 3.63) is 66.0 Å². The van der Waals surface area contributed by atoms with Gasteiger partial charge in [0.15, 0.2) is 0 Å². The van der Waals surface area contributed by atoms with E-state index in [4.69, 9.17) is 4.74 Å². The molecule has 6 nitrogen and oxygen atoms in total. The maximum Gasteiger partial charge on any atom is 0.217 e. The van der Waals surface area contributed by atoms with Crippen molar-refractivity contribution in [2.45, 2.75) is 19.4 Å². The van der Waals surface area contributed by atoms with E-state index in [1.54, 1.807) is 19.6 Å². The summed E-state index contributed by atoms with van der Waals surface area (Å²) in [6.07, 6.45) is 8.89. The van der Waals surface area contributed by atoms with Gasteiger partial charge in [-0.25, -0.2) is 15.0 Å². The van der Waals surface area contributed by atoms with Crippen LogP contribution in [0.5, 0.6) is 5.88 Å². The molecule has 4 heterocycles. The maximum absolute atomic E-state index is 5.39. The fraction of sp³-hybridized carbons (Fsp3) is 0.300. The van der Waals surface area contributed by atoms with E-state index in [1.165, 1.54) is 5.56 Å². The van der Waals surface area contributed by atoms with Crippen LogP contribution in [0.1, 0.15) is 16.8 Å². The van der Waals surface area contributed by atoms with Crippen LogP contribution < -0.4 is 4.74 Å². The highest BCUT2D eigenvalue weighted by molar-refractivity contribution is 5.63. The van der Waals surface area contributed by atoms with Crippen LogP contribution in [-0.4, -0.2) is 45.0 Å². The number of hydrogen-bond donors (Lipinski definition) is 0. The van der Waals surface area contributed by atoms with E-state index in [2.05, 4.69) is 30.9 Å². The molecular formula is C20H21N5O. The molecule has 0 atom stereocenters. The second-order valence-corrected chi connectivity index (χ2v) is 6.33. The highest BCUT2D eigenvalue weighted by atomic mass is 16.5. The predicted octanol–water partition coefficient (Wildman–Crippen LogP) is 2.54. The molecule has 3 aromatic heterocycles. The first-order chi connectivity index (χ1) is 12.8. The predicted molar refractivity (Wildman–Crippen MR) is 98.7 cm³/mol. The second-order valence-electron chi connectivity index (χ2n) is 6.33. The van der Waals surface area contributed by atoms with Gasteiger partial charge in [-0.1, -0.05) is 6.07 Å². The summed E-state index contributed by atoms with van der Waals surface area (Å²) >= 11 is 0.